The molecule has 1 atom stereocenters. The number of anilines is 1. The molecule has 2 aromatic rings. The van der Waals surface area contributed by atoms with E-state index in [1.165, 1.54) is 0 Å². The van der Waals surface area contributed by atoms with Crippen molar-refractivity contribution >= 4 is 17.6 Å². The summed E-state index contributed by atoms with van der Waals surface area (Å²) in [6.45, 7) is 2.88. The molecule has 0 unspecified atom stereocenters. The number of carbonyl (C=O) groups excluding carboxylic acids is 2. The van der Waals surface area contributed by atoms with Crippen molar-refractivity contribution < 1.29 is 9.59 Å². The number of amides is 2. The van der Waals surface area contributed by atoms with Gasteiger partial charge in [0.2, 0.25) is 11.8 Å². The fourth-order valence-electron chi connectivity index (χ4n) is 2.86. The average molecular weight is 312 g/mol. The fourth-order valence-corrected chi connectivity index (χ4v) is 2.86. The zero-order valence-corrected chi connectivity index (χ0v) is 13.3. The molecule has 0 aliphatic carbocycles. The Labute approximate surface area is 135 Å². The summed E-state index contributed by atoms with van der Waals surface area (Å²) in [7, 11) is 1.78. The normalized spacial score (nSPS) is 17.6. The van der Waals surface area contributed by atoms with Crippen LogP contribution in [0.3, 0.4) is 0 Å². The highest BCUT2D eigenvalue weighted by molar-refractivity contribution is 5.96. The largest absolute Gasteiger partial charge is 0.338 e. The predicted octanol–water partition coefficient (Wildman–Crippen LogP) is 1.72. The van der Waals surface area contributed by atoms with E-state index in [1.807, 2.05) is 43.3 Å². The van der Waals surface area contributed by atoms with Gasteiger partial charge in [-0.3, -0.25) is 14.3 Å². The van der Waals surface area contributed by atoms with Gasteiger partial charge in [-0.15, -0.1) is 0 Å². The van der Waals surface area contributed by atoms with Crippen LogP contribution in [0.5, 0.6) is 0 Å². The summed E-state index contributed by atoms with van der Waals surface area (Å²) in [6, 6.07) is 11.6. The Morgan fingerprint density at radius 2 is 2.09 bits per heavy atom. The van der Waals surface area contributed by atoms with Crippen molar-refractivity contribution in [3.63, 3.8) is 0 Å². The first-order valence-corrected chi connectivity index (χ1v) is 7.66. The summed E-state index contributed by atoms with van der Waals surface area (Å²) in [5.74, 6) is 0.231. The molecule has 2 heterocycles. The van der Waals surface area contributed by atoms with Crippen LogP contribution < -0.4 is 5.32 Å². The number of carbonyl (C=O) groups is 2. The van der Waals surface area contributed by atoms with Crippen LogP contribution in [0.4, 0.5) is 5.82 Å². The molecule has 0 bridgehead atoms. The van der Waals surface area contributed by atoms with Crippen molar-refractivity contribution in [1.29, 1.82) is 0 Å². The molecule has 3 rings (SSSR count). The zero-order valence-electron chi connectivity index (χ0n) is 13.3. The smallest absolute Gasteiger partial charge is 0.230 e. The van der Waals surface area contributed by atoms with Crippen molar-refractivity contribution in [2.24, 2.45) is 13.0 Å². The Bertz CT molecular complexity index is 723. The van der Waals surface area contributed by atoms with E-state index in [0.29, 0.717) is 18.9 Å². The molecule has 0 radical (unpaired) electrons. The third-order valence-electron chi connectivity index (χ3n) is 4.05. The van der Waals surface area contributed by atoms with Crippen molar-refractivity contribution in [3.8, 4) is 0 Å². The average Bonchev–Trinajstić information content (AvgIpc) is 3.03. The molecule has 1 aliphatic rings. The topological polar surface area (TPSA) is 67.2 Å². The number of rotatable bonds is 4. The van der Waals surface area contributed by atoms with Gasteiger partial charge in [0.15, 0.2) is 0 Å². The van der Waals surface area contributed by atoms with Gasteiger partial charge in [-0.25, -0.2) is 0 Å². The van der Waals surface area contributed by atoms with Crippen LogP contribution >= 0.6 is 0 Å². The maximum absolute atomic E-state index is 12.4. The van der Waals surface area contributed by atoms with Crippen molar-refractivity contribution in [1.82, 2.24) is 14.7 Å². The van der Waals surface area contributed by atoms with E-state index in [0.717, 1.165) is 11.3 Å². The van der Waals surface area contributed by atoms with Crippen molar-refractivity contribution in [2.45, 2.75) is 19.9 Å². The second kappa shape index (κ2) is 6.24. The second-order valence-electron chi connectivity index (χ2n) is 5.94. The number of hydrogen-bond donors (Lipinski definition) is 1. The molecular weight excluding hydrogens is 292 g/mol. The van der Waals surface area contributed by atoms with E-state index in [2.05, 4.69) is 10.4 Å². The number of likely N-dealkylation sites (tertiary alicyclic amines) is 1. The van der Waals surface area contributed by atoms with Crippen molar-refractivity contribution in [2.75, 3.05) is 11.9 Å². The minimum Gasteiger partial charge on any atom is -0.338 e. The summed E-state index contributed by atoms with van der Waals surface area (Å²) in [5, 5.41) is 7.06. The van der Waals surface area contributed by atoms with Gasteiger partial charge in [0.1, 0.15) is 5.82 Å². The molecule has 23 heavy (non-hydrogen) atoms. The third-order valence-corrected chi connectivity index (χ3v) is 4.05. The standard InChI is InChI=1S/C17H20N4O2/c1-12-8-15(20(2)19-12)18-17(23)14-9-16(22)21(11-14)10-13-6-4-3-5-7-13/h3-8,14H,9-11H2,1-2H3,(H,18,23)/t14-/m1/s1. The summed E-state index contributed by atoms with van der Waals surface area (Å²) in [5.41, 5.74) is 1.92. The van der Waals surface area contributed by atoms with Gasteiger partial charge in [0, 0.05) is 32.6 Å². The maximum Gasteiger partial charge on any atom is 0.230 e. The minimum absolute atomic E-state index is 0.0233. The molecule has 6 heteroatoms. The molecule has 0 spiro atoms. The van der Waals surface area contributed by atoms with Crippen LogP contribution in [0.15, 0.2) is 36.4 Å². The van der Waals surface area contributed by atoms with Gasteiger partial charge >= 0.3 is 0 Å². The van der Waals surface area contributed by atoms with Gasteiger partial charge in [-0.1, -0.05) is 30.3 Å². The molecular formula is C17H20N4O2. The first kappa shape index (κ1) is 15.3. The number of hydrogen-bond acceptors (Lipinski definition) is 3. The van der Waals surface area contributed by atoms with Crippen LogP contribution in [0.2, 0.25) is 0 Å². The minimum atomic E-state index is -0.318. The second-order valence-corrected chi connectivity index (χ2v) is 5.94. The molecule has 0 saturated carbocycles. The highest BCUT2D eigenvalue weighted by Crippen LogP contribution is 2.22. The van der Waals surface area contributed by atoms with E-state index in [4.69, 9.17) is 0 Å². The first-order chi connectivity index (χ1) is 11.0. The summed E-state index contributed by atoms with van der Waals surface area (Å²) >= 11 is 0. The molecule has 6 nitrogen and oxygen atoms in total. The highest BCUT2D eigenvalue weighted by atomic mass is 16.2. The van der Waals surface area contributed by atoms with Crippen LogP contribution in [-0.2, 0) is 23.2 Å². The number of aryl methyl sites for hydroxylation is 2. The third kappa shape index (κ3) is 3.41. The molecule has 120 valence electrons. The molecule has 1 N–H and O–H groups in total. The lowest BCUT2D eigenvalue weighted by Crippen LogP contribution is -2.28. The number of nitrogens with one attached hydrogen (secondary N) is 1. The Kier molecular flexibility index (Phi) is 4.14. The van der Waals surface area contributed by atoms with E-state index in [9.17, 15) is 9.59 Å². The lowest BCUT2D eigenvalue weighted by molar-refractivity contribution is -0.128. The molecule has 1 fully saturated rings. The summed E-state index contributed by atoms with van der Waals surface area (Å²) < 4.78 is 1.63. The lowest BCUT2D eigenvalue weighted by atomic mass is 10.1. The van der Waals surface area contributed by atoms with Crippen LogP contribution in [0.25, 0.3) is 0 Å². The SMILES string of the molecule is Cc1cc(NC(=O)[C@@H]2CC(=O)N(Cc3ccccc3)C2)n(C)n1. The highest BCUT2D eigenvalue weighted by Gasteiger charge is 2.34. The Balaban J connectivity index is 1.62. The fraction of sp³-hybridized carbons (Fsp3) is 0.353. The first-order valence-electron chi connectivity index (χ1n) is 7.66. The number of nitrogens with zero attached hydrogens (tertiary/aromatic N) is 3. The predicted molar refractivity (Wildman–Crippen MR) is 86.5 cm³/mol. The molecule has 1 aromatic heterocycles. The summed E-state index contributed by atoms with van der Waals surface area (Å²) in [4.78, 5) is 26.3. The van der Waals surface area contributed by atoms with Crippen LogP contribution in [-0.4, -0.2) is 33.0 Å². The Morgan fingerprint density at radius 3 is 2.74 bits per heavy atom. The Hall–Kier alpha value is -2.63. The van der Waals surface area contributed by atoms with Gasteiger partial charge in [-0.05, 0) is 12.5 Å². The quantitative estimate of drug-likeness (QED) is 0.934. The molecule has 1 aliphatic heterocycles. The molecule has 2 amide bonds. The van der Waals surface area contributed by atoms with Gasteiger partial charge < -0.3 is 10.2 Å². The van der Waals surface area contributed by atoms with E-state index in [-0.39, 0.29) is 24.2 Å². The van der Waals surface area contributed by atoms with Gasteiger partial charge in [0.05, 0.1) is 11.6 Å². The van der Waals surface area contributed by atoms with E-state index >= 15 is 0 Å². The molecule has 1 saturated heterocycles. The maximum atomic E-state index is 12.4. The number of aromatic nitrogens is 2. The van der Waals surface area contributed by atoms with Crippen LogP contribution in [0.1, 0.15) is 17.7 Å². The van der Waals surface area contributed by atoms with E-state index < -0.39 is 0 Å². The lowest BCUT2D eigenvalue weighted by Gasteiger charge is -2.16. The number of benzene rings is 1. The zero-order chi connectivity index (χ0) is 16.4. The van der Waals surface area contributed by atoms with Gasteiger partial charge in [-0.2, -0.15) is 5.10 Å². The summed E-state index contributed by atoms with van der Waals surface area (Å²) in [6.07, 6.45) is 0.259. The molecule has 1 aromatic carbocycles. The van der Waals surface area contributed by atoms with Crippen molar-refractivity contribution in [3.05, 3.63) is 47.7 Å². The Morgan fingerprint density at radius 1 is 1.35 bits per heavy atom. The monoisotopic (exact) mass is 312 g/mol. The van der Waals surface area contributed by atoms with Gasteiger partial charge in [0.25, 0.3) is 0 Å². The van der Waals surface area contributed by atoms with Crippen LogP contribution in [0, 0.1) is 12.8 Å². The van der Waals surface area contributed by atoms with E-state index in [1.54, 1.807) is 16.6 Å².